The Morgan fingerprint density at radius 1 is 1.00 bits per heavy atom. The number of para-hydroxylation sites is 1. The predicted octanol–water partition coefficient (Wildman–Crippen LogP) is 2.03. The van der Waals surface area contributed by atoms with E-state index in [1.165, 1.54) is 0 Å². The summed E-state index contributed by atoms with van der Waals surface area (Å²) in [6.45, 7) is 3.60. The zero-order chi connectivity index (χ0) is 19.7. The Morgan fingerprint density at radius 3 is 2.54 bits per heavy atom. The maximum Gasteiger partial charge on any atom is 0.292 e. The summed E-state index contributed by atoms with van der Waals surface area (Å²) in [7, 11) is 0. The van der Waals surface area contributed by atoms with Gasteiger partial charge in [-0.2, -0.15) is 5.10 Å². The largest absolute Gasteiger partial charge is 0.342 e. The smallest absolute Gasteiger partial charge is 0.292 e. The van der Waals surface area contributed by atoms with E-state index >= 15 is 0 Å². The number of amides is 1. The molecule has 8 heteroatoms. The number of aryl methyl sites for hydroxylation is 1. The van der Waals surface area contributed by atoms with Crippen LogP contribution in [0.2, 0.25) is 0 Å². The minimum Gasteiger partial charge on any atom is -0.342 e. The van der Waals surface area contributed by atoms with Crippen molar-refractivity contribution in [1.82, 2.24) is 29.7 Å². The van der Waals surface area contributed by atoms with Crippen molar-refractivity contribution < 1.29 is 9.59 Å². The van der Waals surface area contributed by atoms with Gasteiger partial charge in [-0.1, -0.05) is 24.3 Å². The number of nitrogens with zero attached hydrogens (tertiary/aromatic N) is 5. The van der Waals surface area contributed by atoms with E-state index in [-0.39, 0.29) is 6.54 Å². The molecule has 0 aliphatic heterocycles. The fraction of sp³-hybridized carbons (Fsp3) is 0.150. The number of carbonyl (C=O) groups is 2. The molecule has 0 bridgehead atoms. The van der Waals surface area contributed by atoms with Gasteiger partial charge in [-0.25, -0.2) is 4.68 Å². The van der Waals surface area contributed by atoms with Gasteiger partial charge in [0.2, 0.25) is 0 Å². The second-order valence-corrected chi connectivity index (χ2v) is 6.35. The Bertz CT molecular complexity index is 1180. The number of hydrogen-bond acceptors (Lipinski definition) is 5. The van der Waals surface area contributed by atoms with Crippen LogP contribution >= 0.6 is 0 Å². The van der Waals surface area contributed by atoms with Crippen LogP contribution < -0.4 is 5.32 Å². The highest BCUT2D eigenvalue weighted by molar-refractivity contribution is 6.43. The first-order chi connectivity index (χ1) is 13.6. The number of aromatic nitrogens is 5. The molecule has 0 fully saturated rings. The Morgan fingerprint density at radius 2 is 1.75 bits per heavy atom. The molecule has 28 heavy (non-hydrogen) atoms. The molecule has 0 atom stereocenters. The van der Waals surface area contributed by atoms with Crippen molar-refractivity contribution in [2.45, 2.75) is 20.4 Å². The normalized spacial score (nSPS) is 10.9. The summed E-state index contributed by atoms with van der Waals surface area (Å²) in [5.74, 6) is -0.775. The maximum atomic E-state index is 12.7. The van der Waals surface area contributed by atoms with Crippen molar-refractivity contribution in [2.75, 3.05) is 0 Å². The summed E-state index contributed by atoms with van der Waals surface area (Å²) in [4.78, 5) is 25.2. The molecule has 4 aromatic rings. The third-order valence-corrected chi connectivity index (χ3v) is 4.52. The number of ketones is 1. The number of nitrogens with one attached hydrogen (secondary N) is 1. The Kier molecular flexibility index (Phi) is 4.44. The fourth-order valence-electron chi connectivity index (χ4n) is 3.16. The van der Waals surface area contributed by atoms with Gasteiger partial charge in [0.1, 0.15) is 0 Å². The summed E-state index contributed by atoms with van der Waals surface area (Å²) < 4.78 is 3.43. The molecule has 1 N–H and O–H groups in total. The van der Waals surface area contributed by atoms with Crippen molar-refractivity contribution in [3.05, 3.63) is 77.5 Å². The average Bonchev–Trinajstić information content (AvgIpc) is 3.26. The first-order valence-corrected chi connectivity index (χ1v) is 8.79. The Labute approximate surface area is 160 Å². The standard InChI is InChI=1S/C20H18N6O2/c1-13-18(14(2)26(24-13)15-8-4-3-5-9-15)19(27)20(28)21-12-17-23-22-16-10-6-7-11-25(16)17/h3-11H,12H2,1-2H3,(H,21,28). The van der Waals surface area contributed by atoms with Gasteiger partial charge in [-0.3, -0.25) is 14.0 Å². The van der Waals surface area contributed by atoms with Crippen molar-refractivity contribution in [3.8, 4) is 5.69 Å². The van der Waals surface area contributed by atoms with Gasteiger partial charge in [-0.15, -0.1) is 10.2 Å². The molecule has 140 valence electrons. The quantitative estimate of drug-likeness (QED) is 0.426. The van der Waals surface area contributed by atoms with Crippen LogP contribution in [0.5, 0.6) is 0 Å². The van der Waals surface area contributed by atoms with Crippen LogP contribution in [-0.2, 0) is 11.3 Å². The molecule has 0 saturated heterocycles. The summed E-state index contributed by atoms with van der Waals surface area (Å²) >= 11 is 0. The van der Waals surface area contributed by atoms with E-state index in [0.717, 1.165) is 5.69 Å². The number of carbonyl (C=O) groups excluding carboxylic acids is 2. The SMILES string of the molecule is Cc1nn(-c2ccccc2)c(C)c1C(=O)C(=O)NCc1nnc2ccccn12. The van der Waals surface area contributed by atoms with E-state index in [0.29, 0.717) is 28.4 Å². The molecule has 0 spiro atoms. The molecule has 8 nitrogen and oxygen atoms in total. The molecule has 1 amide bonds. The van der Waals surface area contributed by atoms with Gasteiger partial charge >= 0.3 is 0 Å². The maximum absolute atomic E-state index is 12.7. The predicted molar refractivity (Wildman–Crippen MR) is 102 cm³/mol. The molecular formula is C20H18N6O2. The molecule has 3 aromatic heterocycles. The van der Waals surface area contributed by atoms with Gasteiger partial charge in [-0.05, 0) is 38.1 Å². The molecule has 3 heterocycles. The lowest BCUT2D eigenvalue weighted by Crippen LogP contribution is -2.31. The lowest BCUT2D eigenvalue weighted by Gasteiger charge is -2.06. The highest BCUT2D eigenvalue weighted by atomic mass is 16.2. The van der Waals surface area contributed by atoms with E-state index in [2.05, 4.69) is 20.6 Å². The molecule has 0 radical (unpaired) electrons. The zero-order valence-electron chi connectivity index (χ0n) is 15.5. The fourth-order valence-corrected chi connectivity index (χ4v) is 3.16. The van der Waals surface area contributed by atoms with Gasteiger partial charge in [0, 0.05) is 6.20 Å². The van der Waals surface area contributed by atoms with E-state index in [9.17, 15) is 9.59 Å². The first-order valence-electron chi connectivity index (χ1n) is 8.79. The highest BCUT2D eigenvalue weighted by Gasteiger charge is 2.25. The number of Topliss-reactive ketones (excluding diaryl/α,β-unsaturated/α-hetero) is 1. The third kappa shape index (κ3) is 3.05. The van der Waals surface area contributed by atoms with Gasteiger partial charge in [0.15, 0.2) is 11.5 Å². The van der Waals surface area contributed by atoms with Crippen LogP contribution in [-0.4, -0.2) is 36.1 Å². The van der Waals surface area contributed by atoms with Gasteiger partial charge in [0.05, 0.1) is 29.2 Å². The molecule has 0 aliphatic rings. The third-order valence-electron chi connectivity index (χ3n) is 4.52. The minimum atomic E-state index is -0.702. The van der Waals surface area contributed by atoms with E-state index in [1.807, 2.05) is 48.5 Å². The van der Waals surface area contributed by atoms with E-state index in [1.54, 1.807) is 29.1 Å². The zero-order valence-corrected chi connectivity index (χ0v) is 15.5. The van der Waals surface area contributed by atoms with Crippen LogP contribution in [0.1, 0.15) is 27.6 Å². The second kappa shape index (κ2) is 7.07. The van der Waals surface area contributed by atoms with Crippen molar-refractivity contribution in [3.63, 3.8) is 0 Å². The molecule has 0 aliphatic carbocycles. The number of benzene rings is 1. The Hall–Kier alpha value is -3.81. The number of rotatable bonds is 5. The Balaban J connectivity index is 1.54. The van der Waals surface area contributed by atoms with Gasteiger partial charge < -0.3 is 5.32 Å². The van der Waals surface area contributed by atoms with Gasteiger partial charge in [0.25, 0.3) is 11.7 Å². The summed E-state index contributed by atoms with van der Waals surface area (Å²) in [5, 5.41) is 15.1. The van der Waals surface area contributed by atoms with Crippen LogP contribution in [0.3, 0.4) is 0 Å². The van der Waals surface area contributed by atoms with Crippen LogP contribution in [0.25, 0.3) is 11.3 Å². The number of hydrogen-bond donors (Lipinski definition) is 1. The molecule has 0 unspecified atom stereocenters. The van der Waals surface area contributed by atoms with E-state index in [4.69, 9.17) is 0 Å². The average molecular weight is 374 g/mol. The van der Waals surface area contributed by atoms with Crippen molar-refractivity contribution in [2.24, 2.45) is 0 Å². The second-order valence-electron chi connectivity index (χ2n) is 6.35. The van der Waals surface area contributed by atoms with Crippen LogP contribution in [0.15, 0.2) is 54.7 Å². The highest BCUT2D eigenvalue weighted by Crippen LogP contribution is 2.18. The molecular weight excluding hydrogens is 356 g/mol. The summed E-state index contributed by atoms with van der Waals surface area (Å²) in [6.07, 6.45) is 1.80. The van der Waals surface area contributed by atoms with Crippen LogP contribution in [0, 0.1) is 13.8 Å². The monoisotopic (exact) mass is 374 g/mol. The minimum absolute atomic E-state index is 0.0979. The molecule has 0 saturated carbocycles. The lowest BCUT2D eigenvalue weighted by atomic mass is 10.1. The first kappa shape index (κ1) is 17.6. The van der Waals surface area contributed by atoms with E-state index < -0.39 is 11.7 Å². The van der Waals surface area contributed by atoms with Crippen molar-refractivity contribution in [1.29, 1.82) is 0 Å². The van der Waals surface area contributed by atoms with Crippen LogP contribution in [0.4, 0.5) is 0 Å². The number of pyridine rings is 1. The summed E-state index contributed by atoms with van der Waals surface area (Å²) in [6, 6.07) is 15.0. The lowest BCUT2D eigenvalue weighted by molar-refractivity contribution is -0.117. The van der Waals surface area contributed by atoms with Crippen molar-refractivity contribution >= 4 is 17.3 Å². The molecule has 4 rings (SSSR count). The molecule has 1 aromatic carbocycles. The topological polar surface area (TPSA) is 94.2 Å². The summed E-state index contributed by atoms with van der Waals surface area (Å²) in [5.41, 5.74) is 2.95. The number of fused-ring (bicyclic) bond motifs is 1.